The fourth-order valence-corrected chi connectivity index (χ4v) is 2.37. The summed E-state index contributed by atoms with van der Waals surface area (Å²) >= 11 is 0. The number of carboxylic acids is 1. The number of rotatable bonds is 6. The normalized spacial score (nSPS) is 22.8. The van der Waals surface area contributed by atoms with E-state index in [4.69, 9.17) is 4.74 Å². The molecule has 1 heterocycles. The predicted molar refractivity (Wildman–Crippen MR) is 80.2 cm³/mol. The summed E-state index contributed by atoms with van der Waals surface area (Å²) in [5, 5.41) is 12.0. The molecule has 0 aliphatic carbocycles. The Labute approximate surface area is 126 Å². The van der Waals surface area contributed by atoms with Gasteiger partial charge in [0.1, 0.15) is 5.60 Å². The van der Waals surface area contributed by atoms with Crippen LogP contribution >= 0.6 is 0 Å². The maximum atomic E-state index is 11.9. The lowest BCUT2D eigenvalue weighted by Gasteiger charge is -2.28. The highest BCUT2D eigenvalue weighted by Crippen LogP contribution is 2.23. The lowest BCUT2D eigenvalue weighted by molar-refractivity contribution is -0.144. The molecule has 0 radical (unpaired) electrons. The minimum absolute atomic E-state index is 0.304. The molecule has 0 spiro atoms. The largest absolute Gasteiger partial charge is 0.479 e. The number of carbonyl (C=O) groups excluding carboxylic acids is 1. The second-order valence-electron chi connectivity index (χ2n) is 6.47. The van der Waals surface area contributed by atoms with Gasteiger partial charge in [-0.1, -0.05) is 6.08 Å². The Morgan fingerprint density at radius 1 is 1.48 bits per heavy atom. The van der Waals surface area contributed by atoms with Crippen molar-refractivity contribution in [1.82, 2.24) is 10.2 Å². The number of amides is 1. The molecule has 2 N–H and O–H groups in total. The smallest absolute Gasteiger partial charge is 0.408 e. The van der Waals surface area contributed by atoms with Gasteiger partial charge in [0, 0.05) is 13.1 Å². The van der Waals surface area contributed by atoms with Crippen molar-refractivity contribution >= 4 is 12.1 Å². The molecule has 1 atom stereocenters. The Morgan fingerprint density at radius 2 is 2.14 bits per heavy atom. The number of aliphatic carboxylic acids is 1. The van der Waals surface area contributed by atoms with Crippen LogP contribution in [0.15, 0.2) is 12.7 Å². The summed E-state index contributed by atoms with van der Waals surface area (Å²) in [7, 11) is 0. The van der Waals surface area contributed by atoms with E-state index in [0.29, 0.717) is 19.5 Å². The van der Waals surface area contributed by atoms with E-state index in [1.165, 1.54) is 0 Å². The van der Waals surface area contributed by atoms with Crippen molar-refractivity contribution in [2.24, 2.45) is 0 Å². The first-order valence-electron chi connectivity index (χ1n) is 7.26. The summed E-state index contributed by atoms with van der Waals surface area (Å²) in [5.74, 6) is -1.01. The number of allylic oxidation sites excluding steroid dienone is 1. The molecule has 120 valence electrons. The Morgan fingerprint density at radius 3 is 2.67 bits per heavy atom. The Hall–Kier alpha value is -1.56. The fraction of sp³-hybridized carbons (Fsp3) is 0.733. The van der Waals surface area contributed by atoms with Gasteiger partial charge in [0.05, 0.1) is 0 Å². The third kappa shape index (κ3) is 5.38. The fourth-order valence-electron chi connectivity index (χ4n) is 2.37. The topological polar surface area (TPSA) is 78.9 Å². The molecule has 0 saturated carbocycles. The minimum Gasteiger partial charge on any atom is -0.479 e. The molecule has 1 aliphatic rings. The Bertz CT molecular complexity index is 403. The number of nitrogens with one attached hydrogen (secondary N) is 1. The molecule has 1 aliphatic heterocycles. The average Bonchev–Trinajstić information content (AvgIpc) is 2.71. The first-order chi connectivity index (χ1) is 9.68. The number of alkyl carbamates (subject to hydrolysis) is 1. The van der Waals surface area contributed by atoms with Crippen molar-refractivity contribution in [2.75, 3.05) is 19.6 Å². The highest BCUT2D eigenvalue weighted by atomic mass is 16.6. The number of ether oxygens (including phenoxy) is 1. The van der Waals surface area contributed by atoms with Crippen LogP contribution in [0, 0.1) is 0 Å². The summed E-state index contributed by atoms with van der Waals surface area (Å²) in [4.78, 5) is 25.5. The van der Waals surface area contributed by atoms with Crippen molar-refractivity contribution in [3.8, 4) is 0 Å². The number of likely N-dealkylation sites (tertiary alicyclic amines) is 1. The second kappa shape index (κ2) is 6.93. The van der Waals surface area contributed by atoms with Gasteiger partial charge >= 0.3 is 12.1 Å². The summed E-state index contributed by atoms with van der Waals surface area (Å²) in [6.45, 7) is 10.7. The van der Waals surface area contributed by atoms with E-state index >= 15 is 0 Å². The van der Waals surface area contributed by atoms with E-state index in [1.807, 2.05) is 6.08 Å². The monoisotopic (exact) mass is 298 g/mol. The van der Waals surface area contributed by atoms with Crippen molar-refractivity contribution in [3.05, 3.63) is 12.7 Å². The van der Waals surface area contributed by atoms with E-state index in [2.05, 4.69) is 16.8 Å². The first kappa shape index (κ1) is 17.5. The molecule has 1 unspecified atom stereocenters. The molecular formula is C15H26N2O4. The number of nitrogens with zero attached hydrogens (tertiary/aromatic N) is 1. The Kier molecular flexibility index (Phi) is 5.78. The van der Waals surface area contributed by atoms with Crippen molar-refractivity contribution < 1.29 is 19.4 Å². The zero-order valence-corrected chi connectivity index (χ0v) is 13.1. The van der Waals surface area contributed by atoms with Crippen molar-refractivity contribution in [3.63, 3.8) is 0 Å². The number of carboxylic acid groups (broad SMARTS) is 1. The van der Waals surface area contributed by atoms with Crippen LogP contribution < -0.4 is 5.32 Å². The number of unbranched alkanes of at least 4 members (excludes halogenated alkanes) is 1. The molecule has 0 aromatic rings. The molecule has 21 heavy (non-hydrogen) atoms. The molecule has 1 rings (SSSR count). The van der Waals surface area contributed by atoms with E-state index in [9.17, 15) is 14.7 Å². The maximum absolute atomic E-state index is 11.9. The van der Waals surface area contributed by atoms with Gasteiger partial charge in [0.25, 0.3) is 0 Å². The third-order valence-corrected chi connectivity index (χ3v) is 3.38. The predicted octanol–water partition coefficient (Wildman–Crippen LogP) is 2.01. The molecule has 1 amide bonds. The summed E-state index contributed by atoms with van der Waals surface area (Å²) in [6, 6.07) is 0. The molecule has 0 aromatic carbocycles. The maximum Gasteiger partial charge on any atom is 0.408 e. The molecule has 6 nitrogen and oxygen atoms in total. The minimum atomic E-state index is -1.25. The van der Waals surface area contributed by atoms with Gasteiger partial charge in [-0.15, -0.1) is 6.58 Å². The molecule has 1 saturated heterocycles. The van der Waals surface area contributed by atoms with Crippen LogP contribution in [0.25, 0.3) is 0 Å². The lowest BCUT2D eigenvalue weighted by Crippen LogP contribution is -2.57. The van der Waals surface area contributed by atoms with Gasteiger partial charge in [-0.25, -0.2) is 9.59 Å². The van der Waals surface area contributed by atoms with E-state index in [0.717, 1.165) is 19.4 Å². The van der Waals surface area contributed by atoms with E-state index in [1.54, 1.807) is 20.8 Å². The van der Waals surface area contributed by atoms with Gasteiger partial charge < -0.3 is 20.1 Å². The summed E-state index contributed by atoms with van der Waals surface area (Å²) in [5.41, 5.74) is -1.90. The van der Waals surface area contributed by atoms with Crippen molar-refractivity contribution in [2.45, 2.75) is 51.2 Å². The van der Waals surface area contributed by atoms with Crippen LogP contribution in [0.4, 0.5) is 4.79 Å². The average molecular weight is 298 g/mol. The van der Waals surface area contributed by atoms with Gasteiger partial charge in [-0.05, 0) is 46.6 Å². The third-order valence-electron chi connectivity index (χ3n) is 3.38. The summed E-state index contributed by atoms with van der Waals surface area (Å²) in [6.07, 6.45) is 3.38. The SMILES string of the molecule is C=CCCCN1CCC(NC(=O)OC(C)(C)C)(C(=O)O)C1. The highest BCUT2D eigenvalue weighted by Gasteiger charge is 2.46. The number of hydrogen-bond donors (Lipinski definition) is 2. The van der Waals surface area contributed by atoms with Crippen LogP contribution in [0.3, 0.4) is 0 Å². The Balaban J connectivity index is 2.63. The molecular weight excluding hydrogens is 272 g/mol. The molecule has 6 heteroatoms. The standard InChI is InChI=1S/C15H26N2O4/c1-5-6-7-9-17-10-8-15(11-17,12(18)19)16-13(20)21-14(2,3)4/h5H,1,6-11H2,2-4H3,(H,16,20)(H,18,19). The molecule has 0 aromatic heterocycles. The molecule has 0 bridgehead atoms. The molecule has 1 fully saturated rings. The summed E-state index contributed by atoms with van der Waals surface area (Å²) < 4.78 is 5.16. The first-order valence-corrected chi connectivity index (χ1v) is 7.26. The van der Waals surface area contributed by atoms with Crippen LogP contribution in [-0.4, -0.2) is 52.8 Å². The van der Waals surface area contributed by atoms with Crippen LogP contribution in [-0.2, 0) is 9.53 Å². The van der Waals surface area contributed by atoms with E-state index < -0.39 is 23.2 Å². The second-order valence-corrected chi connectivity index (χ2v) is 6.47. The van der Waals surface area contributed by atoms with Crippen LogP contribution in [0.5, 0.6) is 0 Å². The highest BCUT2D eigenvalue weighted by molar-refractivity contribution is 5.85. The van der Waals surface area contributed by atoms with Crippen LogP contribution in [0.2, 0.25) is 0 Å². The quantitative estimate of drug-likeness (QED) is 0.579. The van der Waals surface area contributed by atoms with Crippen LogP contribution in [0.1, 0.15) is 40.0 Å². The van der Waals surface area contributed by atoms with Gasteiger partial charge in [-0.2, -0.15) is 0 Å². The van der Waals surface area contributed by atoms with Gasteiger partial charge in [0.2, 0.25) is 0 Å². The number of hydrogen-bond acceptors (Lipinski definition) is 4. The van der Waals surface area contributed by atoms with E-state index in [-0.39, 0.29) is 0 Å². The number of carbonyl (C=O) groups is 2. The lowest BCUT2D eigenvalue weighted by atomic mass is 9.99. The van der Waals surface area contributed by atoms with Gasteiger partial charge in [0.15, 0.2) is 5.54 Å². The van der Waals surface area contributed by atoms with Gasteiger partial charge in [-0.3, -0.25) is 0 Å². The van der Waals surface area contributed by atoms with Crippen molar-refractivity contribution in [1.29, 1.82) is 0 Å². The zero-order chi connectivity index (χ0) is 16.1. The zero-order valence-electron chi connectivity index (χ0n) is 13.1.